The van der Waals surface area contributed by atoms with E-state index in [2.05, 4.69) is 74.9 Å². The van der Waals surface area contributed by atoms with Crippen LogP contribution in [0.25, 0.3) is 22.2 Å². The van der Waals surface area contributed by atoms with Crippen molar-refractivity contribution < 1.29 is 9.53 Å². The van der Waals surface area contributed by atoms with Crippen LogP contribution in [0.2, 0.25) is 0 Å². The summed E-state index contributed by atoms with van der Waals surface area (Å²) in [4.78, 5) is 26.0. The third-order valence-electron chi connectivity index (χ3n) is 7.30. The summed E-state index contributed by atoms with van der Waals surface area (Å²) in [7, 11) is 7.76. The highest BCUT2D eigenvalue weighted by molar-refractivity contribution is 6.02. The minimum Gasteiger partial charge on any atom is -0.494 e. The standard InChI is InChI=1S/C31H37N7O2/c1-6-29(39)33-23-19-24(28(40-5)20-27(23)37(4)17-10-16-36(2)3)35-31-32-15-14-22(34-31)30-21-11-7-8-12-25(21)38-18-9-13-26(30)38/h6-8,11-12,14-15,19-20H,1,9-10,13,16-18H2,2-5H3,(H,33,39)(H,32,34,35). The highest BCUT2D eigenvalue weighted by Gasteiger charge is 2.23. The summed E-state index contributed by atoms with van der Waals surface area (Å²) in [6.45, 7) is 6.41. The van der Waals surface area contributed by atoms with Crippen LogP contribution in [0.3, 0.4) is 0 Å². The number of carbonyl (C=O) groups is 1. The number of carbonyl (C=O) groups excluding carboxylic acids is 1. The van der Waals surface area contributed by atoms with Gasteiger partial charge < -0.3 is 29.7 Å². The molecule has 2 aromatic heterocycles. The average molecular weight is 540 g/mol. The molecule has 3 heterocycles. The first kappa shape index (κ1) is 27.2. The van der Waals surface area contributed by atoms with E-state index in [0.717, 1.165) is 50.3 Å². The van der Waals surface area contributed by atoms with Gasteiger partial charge in [-0.25, -0.2) is 9.97 Å². The lowest BCUT2D eigenvalue weighted by atomic mass is 10.1. The highest BCUT2D eigenvalue weighted by atomic mass is 16.5. The fraction of sp³-hybridized carbons (Fsp3) is 0.323. The van der Waals surface area contributed by atoms with Crippen LogP contribution in [0.4, 0.5) is 23.0 Å². The van der Waals surface area contributed by atoms with Crippen molar-refractivity contribution in [1.82, 2.24) is 19.4 Å². The summed E-state index contributed by atoms with van der Waals surface area (Å²) in [5.74, 6) is 0.785. The number of ether oxygens (including phenoxy) is 1. The normalized spacial score (nSPS) is 12.4. The topological polar surface area (TPSA) is 87.5 Å². The Kier molecular flexibility index (Phi) is 8.02. The molecule has 4 aromatic rings. The van der Waals surface area contributed by atoms with Gasteiger partial charge in [0.15, 0.2) is 0 Å². The van der Waals surface area contributed by atoms with Crippen molar-refractivity contribution in [2.24, 2.45) is 0 Å². The van der Waals surface area contributed by atoms with Gasteiger partial charge in [0.1, 0.15) is 5.75 Å². The summed E-state index contributed by atoms with van der Waals surface area (Å²) in [5, 5.41) is 7.50. The Morgan fingerprint density at radius 3 is 2.75 bits per heavy atom. The molecule has 2 N–H and O–H groups in total. The van der Waals surface area contributed by atoms with Crippen LogP contribution in [0, 0.1) is 0 Å². The Morgan fingerprint density at radius 2 is 1.98 bits per heavy atom. The molecule has 1 aliphatic rings. The van der Waals surface area contributed by atoms with Crippen LogP contribution < -0.4 is 20.3 Å². The second kappa shape index (κ2) is 11.8. The van der Waals surface area contributed by atoms with E-state index < -0.39 is 0 Å². The third kappa shape index (κ3) is 5.51. The van der Waals surface area contributed by atoms with E-state index in [-0.39, 0.29) is 5.91 Å². The number of nitrogens with one attached hydrogen (secondary N) is 2. The molecule has 208 valence electrons. The maximum atomic E-state index is 12.3. The van der Waals surface area contributed by atoms with Gasteiger partial charge in [-0.2, -0.15) is 0 Å². The van der Waals surface area contributed by atoms with Gasteiger partial charge in [0, 0.05) is 54.6 Å². The number of rotatable bonds is 11. The molecule has 9 heteroatoms. The Hall–Kier alpha value is -4.37. The number of amides is 1. The molecule has 0 unspecified atom stereocenters. The predicted molar refractivity (Wildman–Crippen MR) is 163 cm³/mol. The third-order valence-corrected chi connectivity index (χ3v) is 7.30. The Morgan fingerprint density at radius 1 is 1.15 bits per heavy atom. The second-order valence-corrected chi connectivity index (χ2v) is 10.3. The molecule has 1 aliphatic heterocycles. The van der Waals surface area contributed by atoms with Gasteiger partial charge in [0.25, 0.3) is 0 Å². The predicted octanol–water partition coefficient (Wildman–Crippen LogP) is 5.31. The molecular formula is C31H37N7O2. The molecule has 0 aliphatic carbocycles. The summed E-state index contributed by atoms with van der Waals surface area (Å²) in [6, 6.07) is 14.3. The van der Waals surface area contributed by atoms with Gasteiger partial charge in [-0.1, -0.05) is 24.8 Å². The maximum Gasteiger partial charge on any atom is 0.247 e. The lowest BCUT2D eigenvalue weighted by Gasteiger charge is -2.25. The number of methoxy groups -OCH3 is 1. The molecule has 0 spiro atoms. The number of hydrogen-bond acceptors (Lipinski definition) is 7. The first-order valence-corrected chi connectivity index (χ1v) is 13.6. The fourth-order valence-electron chi connectivity index (χ4n) is 5.42. The molecular weight excluding hydrogens is 502 g/mol. The van der Waals surface area contributed by atoms with Gasteiger partial charge in [-0.15, -0.1) is 0 Å². The van der Waals surface area contributed by atoms with Crippen molar-refractivity contribution in [3.05, 3.63) is 67.0 Å². The number of aryl methyl sites for hydroxylation is 1. The summed E-state index contributed by atoms with van der Waals surface area (Å²) < 4.78 is 8.18. The van der Waals surface area contributed by atoms with Crippen LogP contribution in [0.5, 0.6) is 5.75 Å². The molecule has 0 bridgehead atoms. The fourth-order valence-corrected chi connectivity index (χ4v) is 5.42. The van der Waals surface area contributed by atoms with E-state index in [1.165, 1.54) is 28.2 Å². The van der Waals surface area contributed by atoms with Crippen LogP contribution in [-0.4, -0.2) is 66.7 Å². The van der Waals surface area contributed by atoms with Crippen LogP contribution in [-0.2, 0) is 17.8 Å². The summed E-state index contributed by atoms with van der Waals surface area (Å²) in [5.41, 5.74) is 6.75. The van der Waals surface area contributed by atoms with E-state index in [9.17, 15) is 4.79 Å². The minimum atomic E-state index is -0.285. The quantitative estimate of drug-likeness (QED) is 0.250. The zero-order chi connectivity index (χ0) is 28.2. The van der Waals surface area contributed by atoms with Crippen molar-refractivity contribution in [2.75, 3.05) is 56.9 Å². The Bertz CT molecular complexity index is 1540. The second-order valence-electron chi connectivity index (χ2n) is 10.3. The first-order chi connectivity index (χ1) is 19.4. The largest absolute Gasteiger partial charge is 0.494 e. The molecule has 9 nitrogen and oxygen atoms in total. The molecule has 2 aromatic carbocycles. The van der Waals surface area contributed by atoms with Gasteiger partial charge in [-0.05, 0) is 64.2 Å². The van der Waals surface area contributed by atoms with Gasteiger partial charge >= 0.3 is 0 Å². The van der Waals surface area contributed by atoms with E-state index >= 15 is 0 Å². The lowest BCUT2D eigenvalue weighted by Crippen LogP contribution is -2.24. The maximum absolute atomic E-state index is 12.3. The number of para-hydroxylation sites is 1. The highest BCUT2D eigenvalue weighted by Crippen LogP contribution is 2.40. The molecule has 0 radical (unpaired) electrons. The van der Waals surface area contributed by atoms with Crippen molar-refractivity contribution in [3.63, 3.8) is 0 Å². The number of benzene rings is 2. The number of nitrogens with zero attached hydrogens (tertiary/aromatic N) is 5. The lowest BCUT2D eigenvalue weighted by molar-refractivity contribution is -0.111. The minimum absolute atomic E-state index is 0.285. The molecule has 0 atom stereocenters. The smallest absolute Gasteiger partial charge is 0.247 e. The van der Waals surface area contributed by atoms with E-state index in [1.54, 1.807) is 13.3 Å². The van der Waals surface area contributed by atoms with Crippen LogP contribution >= 0.6 is 0 Å². The van der Waals surface area contributed by atoms with Crippen molar-refractivity contribution in [1.29, 1.82) is 0 Å². The monoisotopic (exact) mass is 539 g/mol. The van der Waals surface area contributed by atoms with Crippen molar-refractivity contribution >= 4 is 39.8 Å². The van der Waals surface area contributed by atoms with Gasteiger partial charge in [0.2, 0.25) is 11.9 Å². The zero-order valence-corrected chi connectivity index (χ0v) is 23.7. The number of anilines is 4. The number of fused-ring (bicyclic) bond motifs is 3. The van der Waals surface area contributed by atoms with Crippen molar-refractivity contribution in [2.45, 2.75) is 25.8 Å². The Labute approximate surface area is 235 Å². The molecule has 0 saturated carbocycles. The van der Waals surface area contributed by atoms with E-state index in [1.807, 2.05) is 25.2 Å². The summed E-state index contributed by atoms with van der Waals surface area (Å²) in [6.07, 6.45) is 6.18. The molecule has 0 saturated heterocycles. The van der Waals surface area contributed by atoms with Crippen molar-refractivity contribution in [3.8, 4) is 17.0 Å². The molecule has 1 amide bonds. The average Bonchev–Trinajstić information content (AvgIpc) is 3.54. The van der Waals surface area contributed by atoms with Gasteiger partial charge in [-0.3, -0.25) is 4.79 Å². The zero-order valence-electron chi connectivity index (χ0n) is 23.7. The number of hydrogen-bond donors (Lipinski definition) is 2. The van der Waals surface area contributed by atoms with E-state index in [0.29, 0.717) is 23.1 Å². The Balaban J connectivity index is 1.49. The number of aromatic nitrogens is 3. The van der Waals surface area contributed by atoms with Crippen LogP contribution in [0.1, 0.15) is 18.5 Å². The first-order valence-electron chi connectivity index (χ1n) is 13.6. The molecule has 5 rings (SSSR count). The molecule has 40 heavy (non-hydrogen) atoms. The summed E-state index contributed by atoms with van der Waals surface area (Å²) >= 11 is 0. The van der Waals surface area contributed by atoms with Gasteiger partial charge in [0.05, 0.1) is 29.9 Å². The van der Waals surface area contributed by atoms with E-state index in [4.69, 9.17) is 9.72 Å². The SMILES string of the molecule is C=CC(=O)Nc1cc(Nc2nccc(-c3c4n(c5ccccc35)CCC4)n2)c(OC)cc1N(C)CCCN(C)C. The van der Waals surface area contributed by atoms with Crippen LogP contribution in [0.15, 0.2) is 61.3 Å². The molecule has 0 fully saturated rings.